The summed E-state index contributed by atoms with van der Waals surface area (Å²) in [5, 5.41) is 5.22. The van der Waals surface area contributed by atoms with Gasteiger partial charge in [-0.1, -0.05) is 60.2 Å². The van der Waals surface area contributed by atoms with Crippen molar-refractivity contribution in [2.45, 2.75) is 20.3 Å². The summed E-state index contributed by atoms with van der Waals surface area (Å²) < 4.78 is 7.03. The summed E-state index contributed by atoms with van der Waals surface area (Å²) in [7, 11) is 0. The topological polar surface area (TPSA) is 80.0 Å². The summed E-state index contributed by atoms with van der Waals surface area (Å²) in [6.07, 6.45) is 0.967. The zero-order valence-electron chi connectivity index (χ0n) is 19.8. The van der Waals surface area contributed by atoms with Gasteiger partial charge in [0.05, 0.1) is 0 Å². The van der Waals surface area contributed by atoms with Crippen LogP contribution >= 0.6 is 11.3 Å². The molecule has 0 N–H and O–H groups in total. The summed E-state index contributed by atoms with van der Waals surface area (Å²) in [5.41, 5.74) is 3.15. The van der Waals surface area contributed by atoms with Gasteiger partial charge >= 0.3 is 0 Å². The van der Waals surface area contributed by atoms with E-state index in [1.165, 1.54) is 33.0 Å². The SMILES string of the molecule is CCc1ccc(OCC(=O)N2CCN(c3cc(=O)n4nc(-c5ccc(C)cc5)sc4n3)CC2)cc1. The number of carbonyl (C=O) groups excluding carboxylic acids is 1. The van der Waals surface area contributed by atoms with Crippen LogP contribution in [0.5, 0.6) is 5.75 Å². The van der Waals surface area contributed by atoms with Crippen molar-refractivity contribution >= 4 is 28.0 Å². The summed E-state index contributed by atoms with van der Waals surface area (Å²) in [6.45, 7) is 6.45. The van der Waals surface area contributed by atoms with E-state index in [0.717, 1.165) is 17.0 Å². The number of hydrogen-bond acceptors (Lipinski definition) is 7. The van der Waals surface area contributed by atoms with E-state index in [4.69, 9.17) is 9.72 Å². The zero-order valence-corrected chi connectivity index (χ0v) is 20.6. The van der Waals surface area contributed by atoms with Gasteiger partial charge in [-0.25, -0.2) is 4.98 Å². The standard InChI is InChI=1S/C26H27N5O3S/c1-3-19-6-10-21(11-7-19)34-17-24(33)30-14-12-29(13-15-30)22-16-23(32)31-26(27-22)35-25(28-31)20-8-4-18(2)5-9-20/h4-11,16H,3,12-15,17H2,1-2H3. The van der Waals surface area contributed by atoms with Crippen LogP contribution in [0.1, 0.15) is 18.1 Å². The predicted molar refractivity (Wildman–Crippen MR) is 137 cm³/mol. The highest BCUT2D eigenvalue weighted by atomic mass is 32.1. The van der Waals surface area contributed by atoms with E-state index in [-0.39, 0.29) is 18.1 Å². The van der Waals surface area contributed by atoms with Crippen molar-refractivity contribution in [1.29, 1.82) is 0 Å². The molecule has 1 saturated heterocycles. The Balaban J connectivity index is 1.22. The van der Waals surface area contributed by atoms with Crippen LogP contribution in [-0.4, -0.2) is 58.2 Å². The van der Waals surface area contributed by atoms with E-state index in [1.54, 1.807) is 4.90 Å². The number of hydrogen-bond donors (Lipinski definition) is 0. The number of nitrogens with zero attached hydrogens (tertiary/aromatic N) is 5. The van der Waals surface area contributed by atoms with Crippen LogP contribution in [0.2, 0.25) is 0 Å². The Morgan fingerprint density at radius 3 is 2.43 bits per heavy atom. The van der Waals surface area contributed by atoms with Gasteiger partial charge in [0.25, 0.3) is 11.5 Å². The van der Waals surface area contributed by atoms with E-state index in [9.17, 15) is 9.59 Å². The molecule has 1 amide bonds. The minimum atomic E-state index is -0.208. The molecule has 0 spiro atoms. The first-order valence-corrected chi connectivity index (χ1v) is 12.5. The van der Waals surface area contributed by atoms with Gasteiger partial charge in [-0.15, -0.1) is 0 Å². The van der Waals surface area contributed by atoms with Crippen molar-refractivity contribution < 1.29 is 9.53 Å². The van der Waals surface area contributed by atoms with Crippen LogP contribution in [0.3, 0.4) is 0 Å². The van der Waals surface area contributed by atoms with Gasteiger partial charge in [0.2, 0.25) is 4.96 Å². The number of carbonyl (C=O) groups is 1. The Morgan fingerprint density at radius 2 is 1.74 bits per heavy atom. The van der Waals surface area contributed by atoms with Crippen LogP contribution in [0, 0.1) is 6.92 Å². The van der Waals surface area contributed by atoms with E-state index in [2.05, 4.69) is 12.0 Å². The molecule has 5 rings (SSSR count). The van der Waals surface area contributed by atoms with Crippen LogP contribution in [-0.2, 0) is 11.2 Å². The van der Waals surface area contributed by atoms with Gasteiger partial charge in [-0.2, -0.15) is 9.61 Å². The molecule has 4 aromatic rings. The molecular formula is C26H27N5O3S. The van der Waals surface area contributed by atoms with E-state index in [1.807, 2.05) is 60.4 Å². The van der Waals surface area contributed by atoms with Crippen molar-refractivity contribution in [2.75, 3.05) is 37.7 Å². The minimum absolute atomic E-state index is 0.0136. The molecule has 0 unspecified atom stereocenters. The molecule has 0 atom stereocenters. The Bertz CT molecular complexity index is 1390. The highest BCUT2D eigenvalue weighted by Crippen LogP contribution is 2.25. The number of rotatable bonds is 6. The quantitative estimate of drug-likeness (QED) is 0.413. The molecule has 2 aromatic carbocycles. The van der Waals surface area contributed by atoms with Crippen LogP contribution in [0.25, 0.3) is 15.5 Å². The van der Waals surface area contributed by atoms with Gasteiger partial charge in [-0.05, 0) is 31.0 Å². The second-order valence-corrected chi connectivity index (χ2v) is 9.53. The molecule has 1 aliphatic heterocycles. The number of aromatic nitrogens is 3. The van der Waals surface area contributed by atoms with E-state index in [0.29, 0.717) is 42.7 Å². The van der Waals surface area contributed by atoms with Gasteiger partial charge in [0.1, 0.15) is 16.6 Å². The van der Waals surface area contributed by atoms with Gasteiger partial charge in [-0.3, -0.25) is 9.59 Å². The molecular weight excluding hydrogens is 462 g/mol. The van der Waals surface area contributed by atoms with Crippen molar-refractivity contribution in [3.63, 3.8) is 0 Å². The average Bonchev–Trinajstić information content (AvgIpc) is 3.33. The number of benzene rings is 2. The molecule has 2 aromatic heterocycles. The zero-order chi connectivity index (χ0) is 24.4. The Labute approximate surface area is 207 Å². The molecule has 0 bridgehead atoms. The summed E-state index contributed by atoms with van der Waals surface area (Å²) in [5.74, 6) is 1.27. The number of aryl methyl sites for hydroxylation is 2. The van der Waals surface area contributed by atoms with Gasteiger partial charge in [0, 0.05) is 37.8 Å². The summed E-state index contributed by atoms with van der Waals surface area (Å²) in [4.78, 5) is 34.5. The van der Waals surface area contributed by atoms with Crippen LogP contribution < -0.4 is 15.2 Å². The lowest BCUT2D eigenvalue weighted by Crippen LogP contribution is -2.50. The molecule has 0 saturated carbocycles. The van der Waals surface area contributed by atoms with Crippen LogP contribution in [0.15, 0.2) is 59.4 Å². The van der Waals surface area contributed by atoms with Crippen LogP contribution in [0.4, 0.5) is 5.82 Å². The van der Waals surface area contributed by atoms with E-state index >= 15 is 0 Å². The van der Waals surface area contributed by atoms with Gasteiger partial charge in [0.15, 0.2) is 6.61 Å². The predicted octanol–water partition coefficient (Wildman–Crippen LogP) is 3.42. The van der Waals surface area contributed by atoms with Gasteiger partial charge < -0.3 is 14.5 Å². The molecule has 0 aliphatic carbocycles. The summed E-state index contributed by atoms with van der Waals surface area (Å²) >= 11 is 1.39. The second-order valence-electron chi connectivity index (χ2n) is 8.57. The maximum absolute atomic E-state index is 12.7. The minimum Gasteiger partial charge on any atom is -0.484 e. The molecule has 0 radical (unpaired) electrons. The number of piperazine rings is 1. The molecule has 1 fully saturated rings. The van der Waals surface area contributed by atoms with Crippen molar-refractivity contribution in [3.8, 4) is 16.3 Å². The highest BCUT2D eigenvalue weighted by Gasteiger charge is 2.23. The largest absolute Gasteiger partial charge is 0.484 e. The lowest BCUT2D eigenvalue weighted by atomic mass is 10.2. The fourth-order valence-corrected chi connectivity index (χ4v) is 4.92. The molecule has 9 heteroatoms. The fourth-order valence-electron chi connectivity index (χ4n) is 4.02. The normalized spacial score (nSPS) is 13.9. The Morgan fingerprint density at radius 1 is 1.03 bits per heavy atom. The Hall–Kier alpha value is -3.72. The monoisotopic (exact) mass is 489 g/mol. The lowest BCUT2D eigenvalue weighted by Gasteiger charge is -2.35. The number of anilines is 1. The number of amides is 1. The second kappa shape index (κ2) is 9.87. The first kappa shape index (κ1) is 23.0. The average molecular weight is 490 g/mol. The van der Waals surface area contributed by atoms with E-state index < -0.39 is 0 Å². The number of ether oxygens (including phenoxy) is 1. The maximum Gasteiger partial charge on any atom is 0.277 e. The lowest BCUT2D eigenvalue weighted by molar-refractivity contribution is -0.133. The first-order chi connectivity index (χ1) is 17.0. The molecule has 1 aliphatic rings. The molecule has 8 nitrogen and oxygen atoms in total. The number of fused-ring (bicyclic) bond motifs is 1. The smallest absolute Gasteiger partial charge is 0.277 e. The third-order valence-electron chi connectivity index (χ3n) is 6.18. The third-order valence-corrected chi connectivity index (χ3v) is 7.14. The van der Waals surface area contributed by atoms with Crippen molar-refractivity contribution in [1.82, 2.24) is 19.5 Å². The first-order valence-electron chi connectivity index (χ1n) is 11.7. The summed E-state index contributed by atoms with van der Waals surface area (Å²) in [6, 6.07) is 17.4. The maximum atomic E-state index is 12.7. The molecule has 35 heavy (non-hydrogen) atoms. The highest BCUT2D eigenvalue weighted by molar-refractivity contribution is 7.19. The Kier molecular flexibility index (Phi) is 6.50. The van der Waals surface area contributed by atoms with Crippen molar-refractivity contribution in [3.05, 3.63) is 76.1 Å². The van der Waals surface area contributed by atoms with Crippen molar-refractivity contribution in [2.24, 2.45) is 0 Å². The fraction of sp³-hybridized carbons (Fsp3) is 0.308. The molecule has 180 valence electrons. The third kappa shape index (κ3) is 5.05. The molecule has 3 heterocycles.